The summed E-state index contributed by atoms with van der Waals surface area (Å²) in [5.41, 5.74) is 1.49. The molecule has 9 nitrogen and oxygen atoms in total. The minimum Gasteiger partial charge on any atom is -0.497 e. The third kappa shape index (κ3) is 6.18. The highest BCUT2D eigenvalue weighted by molar-refractivity contribution is 7.92. The van der Waals surface area contributed by atoms with Gasteiger partial charge in [-0.2, -0.15) is 0 Å². The molecule has 0 radical (unpaired) electrons. The third-order valence-corrected chi connectivity index (χ3v) is 5.32. The first-order valence-corrected chi connectivity index (χ1v) is 10.4. The van der Waals surface area contributed by atoms with Crippen molar-refractivity contribution in [2.45, 2.75) is 13.5 Å². The monoisotopic (exact) mass is 423 g/mol. The highest BCUT2D eigenvalue weighted by atomic mass is 32.2. The van der Waals surface area contributed by atoms with E-state index in [1.807, 2.05) is 0 Å². The normalized spacial score (nSPS) is 10.8. The number of sulfonamides is 1. The molecule has 0 aromatic heterocycles. The van der Waals surface area contributed by atoms with E-state index in [1.165, 1.54) is 26.2 Å². The van der Waals surface area contributed by atoms with E-state index in [1.54, 1.807) is 38.5 Å². The summed E-state index contributed by atoms with van der Waals surface area (Å²) < 4.78 is 41.6. The van der Waals surface area contributed by atoms with Crippen LogP contribution in [0.4, 0.5) is 16.2 Å². The molecular formula is C19H25N3O6S. The molecule has 0 aliphatic rings. The minimum absolute atomic E-state index is 0.0632. The largest absolute Gasteiger partial charge is 0.497 e. The Balaban J connectivity index is 2.06. The Labute approximate surface area is 170 Å². The molecule has 29 heavy (non-hydrogen) atoms. The molecular weight excluding hydrogens is 398 g/mol. The van der Waals surface area contributed by atoms with Crippen molar-refractivity contribution in [1.29, 1.82) is 0 Å². The van der Waals surface area contributed by atoms with Crippen LogP contribution in [0.5, 0.6) is 17.2 Å². The van der Waals surface area contributed by atoms with Crippen LogP contribution in [0.25, 0.3) is 0 Å². The standard InChI is InChI=1S/C19H25N3O6S/c1-5-29(24,25)22-16-8-6-14(11-18(16)28-4)21-19(23)20-12-13-10-15(26-2)7-9-17(13)27-3/h6-11,22H,5,12H2,1-4H3,(H2,20,21,23). The first kappa shape index (κ1) is 22.2. The van der Waals surface area contributed by atoms with E-state index in [-0.39, 0.29) is 18.0 Å². The molecule has 0 aliphatic heterocycles. The van der Waals surface area contributed by atoms with Gasteiger partial charge in [-0.05, 0) is 37.3 Å². The Kier molecular flexibility index (Phi) is 7.54. The number of hydrogen-bond donors (Lipinski definition) is 3. The van der Waals surface area contributed by atoms with Crippen LogP contribution < -0.4 is 29.6 Å². The summed E-state index contributed by atoms with van der Waals surface area (Å²) in [5, 5.41) is 5.41. The number of carbonyl (C=O) groups is 1. The molecule has 158 valence electrons. The first-order valence-electron chi connectivity index (χ1n) is 8.76. The number of anilines is 2. The van der Waals surface area contributed by atoms with Gasteiger partial charge in [0, 0.05) is 23.9 Å². The number of amides is 2. The first-order chi connectivity index (χ1) is 13.8. The van der Waals surface area contributed by atoms with Crippen molar-refractivity contribution in [1.82, 2.24) is 5.32 Å². The van der Waals surface area contributed by atoms with Crippen LogP contribution in [0, 0.1) is 0 Å². The SMILES string of the molecule is CCS(=O)(=O)Nc1ccc(NC(=O)NCc2cc(OC)ccc2OC)cc1OC. The Morgan fingerprint density at radius 2 is 1.69 bits per heavy atom. The van der Waals surface area contributed by atoms with Crippen LogP contribution in [0.3, 0.4) is 0 Å². The highest BCUT2D eigenvalue weighted by Gasteiger charge is 2.13. The van der Waals surface area contributed by atoms with Gasteiger partial charge in [-0.15, -0.1) is 0 Å². The molecule has 0 atom stereocenters. The van der Waals surface area contributed by atoms with Gasteiger partial charge in [-0.1, -0.05) is 0 Å². The molecule has 0 bridgehead atoms. The number of nitrogens with one attached hydrogen (secondary N) is 3. The van der Waals surface area contributed by atoms with E-state index < -0.39 is 16.1 Å². The number of benzene rings is 2. The molecule has 2 rings (SSSR count). The number of urea groups is 1. The summed E-state index contributed by atoms with van der Waals surface area (Å²) in [7, 11) is 1.08. The van der Waals surface area contributed by atoms with Gasteiger partial charge in [0.2, 0.25) is 10.0 Å². The fraction of sp³-hybridized carbons (Fsp3) is 0.316. The van der Waals surface area contributed by atoms with Crippen LogP contribution in [-0.2, 0) is 16.6 Å². The maximum Gasteiger partial charge on any atom is 0.319 e. The third-order valence-electron chi connectivity index (χ3n) is 4.03. The van der Waals surface area contributed by atoms with Crippen molar-refractivity contribution in [3.8, 4) is 17.2 Å². The number of hydrogen-bond acceptors (Lipinski definition) is 6. The van der Waals surface area contributed by atoms with Gasteiger partial charge in [0.05, 0.1) is 32.8 Å². The molecule has 2 aromatic rings. The number of ether oxygens (including phenoxy) is 3. The molecule has 0 saturated heterocycles. The van der Waals surface area contributed by atoms with Crippen LogP contribution in [0.15, 0.2) is 36.4 Å². The van der Waals surface area contributed by atoms with Crippen LogP contribution in [-0.4, -0.2) is 41.5 Å². The predicted molar refractivity (Wildman–Crippen MR) is 111 cm³/mol. The molecule has 3 N–H and O–H groups in total. The Morgan fingerprint density at radius 1 is 0.966 bits per heavy atom. The number of methoxy groups -OCH3 is 3. The van der Waals surface area contributed by atoms with Gasteiger partial charge in [0.25, 0.3) is 0 Å². The lowest BCUT2D eigenvalue weighted by Gasteiger charge is -2.14. The molecule has 0 unspecified atom stereocenters. The molecule has 0 heterocycles. The quantitative estimate of drug-likeness (QED) is 0.571. The second-order valence-corrected chi connectivity index (χ2v) is 7.92. The summed E-state index contributed by atoms with van der Waals surface area (Å²) in [6.07, 6.45) is 0. The zero-order valence-electron chi connectivity index (χ0n) is 16.7. The Bertz CT molecular complexity index is 962. The van der Waals surface area contributed by atoms with Crippen molar-refractivity contribution < 1.29 is 27.4 Å². The summed E-state index contributed by atoms with van der Waals surface area (Å²) in [5.74, 6) is 1.50. The van der Waals surface area contributed by atoms with Gasteiger partial charge in [-0.25, -0.2) is 13.2 Å². The maximum absolute atomic E-state index is 12.3. The topological polar surface area (TPSA) is 115 Å². The van der Waals surface area contributed by atoms with Gasteiger partial charge in [0.15, 0.2) is 0 Å². The van der Waals surface area contributed by atoms with Gasteiger partial charge < -0.3 is 24.8 Å². The number of carbonyl (C=O) groups excluding carboxylic acids is 1. The van der Waals surface area contributed by atoms with Crippen molar-refractivity contribution in [2.75, 3.05) is 37.1 Å². The van der Waals surface area contributed by atoms with Crippen molar-refractivity contribution in [2.24, 2.45) is 0 Å². The zero-order valence-corrected chi connectivity index (χ0v) is 17.6. The van der Waals surface area contributed by atoms with Crippen molar-refractivity contribution >= 4 is 27.4 Å². The molecule has 0 spiro atoms. The van der Waals surface area contributed by atoms with Gasteiger partial charge in [-0.3, -0.25) is 4.72 Å². The maximum atomic E-state index is 12.3. The fourth-order valence-corrected chi connectivity index (χ4v) is 3.11. The molecule has 0 aliphatic carbocycles. The lowest BCUT2D eigenvalue weighted by molar-refractivity contribution is 0.251. The average Bonchev–Trinajstić information content (AvgIpc) is 2.72. The van der Waals surface area contributed by atoms with Crippen molar-refractivity contribution in [3.63, 3.8) is 0 Å². The summed E-state index contributed by atoms with van der Waals surface area (Å²) >= 11 is 0. The fourth-order valence-electron chi connectivity index (χ4n) is 2.46. The van der Waals surface area contributed by atoms with E-state index in [0.29, 0.717) is 22.9 Å². The van der Waals surface area contributed by atoms with Crippen LogP contribution >= 0.6 is 0 Å². The second kappa shape index (κ2) is 9.87. The smallest absolute Gasteiger partial charge is 0.319 e. The highest BCUT2D eigenvalue weighted by Crippen LogP contribution is 2.29. The predicted octanol–water partition coefficient (Wildman–Crippen LogP) is 2.80. The van der Waals surface area contributed by atoms with Crippen LogP contribution in [0.2, 0.25) is 0 Å². The van der Waals surface area contributed by atoms with Crippen molar-refractivity contribution in [3.05, 3.63) is 42.0 Å². The molecule has 0 saturated carbocycles. The van der Waals surface area contributed by atoms with Gasteiger partial charge in [0.1, 0.15) is 17.2 Å². The second-order valence-electron chi connectivity index (χ2n) is 5.91. The van der Waals surface area contributed by atoms with E-state index in [0.717, 1.165) is 5.56 Å². The Hall–Kier alpha value is -3.14. The lowest BCUT2D eigenvalue weighted by Crippen LogP contribution is -2.28. The summed E-state index contributed by atoms with van der Waals surface area (Å²) in [4.78, 5) is 12.3. The van der Waals surface area contributed by atoms with Gasteiger partial charge >= 0.3 is 6.03 Å². The van der Waals surface area contributed by atoms with E-state index in [9.17, 15) is 13.2 Å². The van der Waals surface area contributed by atoms with E-state index >= 15 is 0 Å². The number of rotatable bonds is 9. The van der Waals surface area contributed by atoms with E-state index in [4.69, 9.17) is 14.2 Å². The molecule has 2 amide bonds. The average molecular weight is 423 g/mol. The van der Waals surface area contributed by atoms with E-state index in [2.05, 4.69) is 15.4 Å². The Morgan fingerprint density at radius 3 is 2.31 bits per heavy atom. The molecule has 2 aromatic carbocycles. The zero-order chi connectivity index (χ0) is 21.4. The lowest BCUT2D eigenvalue weighted by atomic mass is 10.2. The molecule has 10 heteroatoms. The summed E-state index contributed by atoms with van der Waals surface area (Å²) in [6, 6.07) is 9.47. The van der Waals surface area contributed by atoms with Crippen LogP contribution in [0.1, 0.15) is 12.5 Å². The summed E-state index contributed by atoms with van der Waals surface area (Å²) in [6.45, 7) is 1.75. The minimum atomic E-state index is -3.44. The molecule has 0 fully saturated rings.